The summed E-state index contributed by atoms with van der Waals surface area (Å²) in [6, 6.07) is 6.16. The summed E-state index contributed by atoms with van der Waals surface area (Å²) in [7, 11) is 0. The molecule has 0 aliphatic heterocycles. The lowest BCUT2D eigenvalue weighted by molar-refractivity contribution is -0.113. The number of halogens is 1. The topological polar surface area (TPSA) is 59.8 Å². The van der Waals surface area contributed by atoms with Crippen molar-refractivity contribution in [2.75, 3.05) is 11.1 Å². The van der Waals surface area contributed by atoms with Crippen molar-refractivity contribution in [1.82, 2.24) is 14.8 Å². The fourth-order valence-corrected chi connectivity index (χ4v) is 4.06. The number of anilines is 1. The Balaban J connectivity index is 1.62. The van der Waals surface area contributed by atoms with E-state index in [2.05, 4.69) is 27.0 Å². The SMILES string of the molecule is CCn1c(SCC(=O)Nc2ccccc2F)nnc1C1CCCCC1. The molecular formula is C18H23FN4OS. The van der Waals surface area contributed by atoms with E-state index in [1.807, 2.05) is 0 Å². The average Bonchev–Trinajstić information content (AvgIpc) is 3.05. The molecule has 1 aliphatic carbocycles. The number of hydrogen-bond acceptors (Lipinski definition) is 4. The van der Waals surface area contributed by atoms with Crippen molar-refractivity contribution in [1.29, 1.82) is 0 Å². The minimum Gasteiger partial charge on any atom is -0.323 e. The number of benzene rings is 1. The fourth-order valence-electron chi connectivity index (χ4n) is 3.25. The smallest absolute Gasteiger partial charge is 0.234 e. The first-order valence-corrected chi connectivity index (χ1v) is 9.78. The Morgan fingerprint density at radius 2 is 2.04 bits per heavy atom. The van der Waals surface area contributed by atoms with Gasteiger partial charge in [-0.25, -0.2) is 4.39 Å². The van der Waals surface area contributed by atoms with Crippen LogP contribution in [0.1, 0.15) is 50.8 Å². The number of nitrogens with zero attached hydrogens (tertiary/aromatic N) is 3. The summed E-state index contributed by atoms with van der Waals surface area (Å²) >= 11 is 1.34. The average molecular weight is 362 g/mol. The molecule has 0 unspecified atom stereocenters. The number of hydrogen-bond donors (Lipinski definition) is 1. The zero-order chi connectivity index (χ0) is 17.6. The number of amides is 1. The van der Waals surface area contributed by atoms with E-state index >= 15 is 0 Å². The molecule has 1 N–H and O–H groups in total. The Hall–Kier alpha value is -1.89. The van der Waals surface area contributed by atoms with Gasteiger partial charge in [0.25, 0.3) is 0 Å². The Morgan fingerprint density at radius 1 is 1.28 bits per heavy atom. The molecule has 0 radical (unpaired) electrons. The molecular weight excluding hydrogens is 339 g/mol. The number of nitrogens with one attached hydrogen (secondary N) is 1. The Kier molecular flexibility index (Phi) is 6.07. The van der Waals surface area contributed by atoms with Crippen LogP contribution in [0.25, 0.3) is 0 Å². The molecule has 1 aliphatic rings. The lowest BCUT2D eigenvalue weighted by Gasteiger charge is -2.21. The summed E-state index contributed by atoms with van der Waals surface area (Å²) in [5, 5.41) is 12.0. The van der Waals surface area contributed by atoms with Gasteiger partial charge in [-0.1, -0.05) is 43.2 Å². The van der Waals surface area contributed by atoms with Gasteiger partial charge in [0.15, 0.2) is 5.16 Å². The first kappa shape index (κ1) is 17.9. The van der Waals surface area contributed by atoms with Gasteiger partial charge in [0.1, 0.15) is 11.6 Å². The van der Waals surface area contributed by atoms with Crippen molar-refractivity contribution in [3.8, 4) is 0 Å². The van der Waals surface area contributed by atoms with Gasteiger partial charge in [0, 0.05) is 12.5 Å². The molecule has 0 bridgehead atoms. The molecule has 0 atom stereocenters. The maximum Gasteiger partial charge on any atom is 0.234 e. The minimum absolute atomic E-state index is 0.178. The van der Waals surface area contributed by atoms with E-state index in [0.29, 0.717) is 5.92 Å². The van der Waals surface area contributed by atoms with Crippen molar-refractivity contribution in [3.05, 3.63) is 35.9 Å². The Bertz CT molecular complexity index is 728. The molecule has 134 valence electrons. The number of thioether (sulfide) groups is 1. The van der Waals surface area contributed by atoms with Crippen LogP contribution in [0.4, 0.5) is 10.1 Å². The van der Waals surface area contributed by atoms with Crippen LogP contribution in [-0.4, -0.2) is 26.4 Å². The van der Waals surface area contributed by atoms with E-state index in [0.717, 1.165) is 30.4 Å². The zero-order valence-electron chi connectivity index (χ0n) is 14.4. The molecule has 2 aromatic rings. The van der Waals surface area contributed by atoms with Gasteiger partial charge in [-0.15, -0.1) is 10.2 Å². The summed E-state index contributed by atoms with van der Waals surface area (Å²) in [5.74, 6) is 1.01. The molecule has 7 heteroatoms. The maximum atomic E-state index is 13.6. The monoisotopic (exact) mass is 362 g/mol. The highest BCUT2D eigenvalue weighted by molar-refractivity contribution is 7.99. The molecule has 1 saturated carbocycles. The van der Waals surface area contributed by atoms with E-state index in [1.54, 1.807) is 18.2 Å². The molecule has 1 fully saturated rings. The van der Waals surface area contributed by atoms with Crippen LogP contribution in [0, 0.1) is 5.82 Å². The molecule has 5 nitrogen and oxygen atoms in total. The van der Waals surface area contributed by atoms with Crippen molar-refractivity contribution >= 4 is 23.4 Å². The highest BCUT2D eigenvalue weighted by atomic mass is 32.2. The van der Waals surface area contributed by atoms with Crippen LogP contribution in [0.5, 0.6) is 0 Å². The van der Waals surface area contributed by atoms with Gasteiger partial charge < -0.3 is 9.88 Å². The number of carbonyl (C=O) groups excluding carboxylic acids is 1. The predicted molar refractivity (Wildman–Crippen MR) is 97.3 cm³/mol. The van der Waals surface area contributed by atoms with Gasteiger partial charge >= 0.3 is 0 Å². The lowest BCUT2D eigenvalue weighted by atomic mass is 9.89. The Labute approximate surface area is 151 Å². The fraction of sp³-hybridized carbons (Fsp3) is 0.500. The highest BCUT2D eigenvalue weighted by Gasteiger charge is 2.23. The molecule has 3 rings (SSSR count). The van der Waals surface area contributed by atoms with Gasteiger partial charge in [0.2, 0.25) is 5.91 Å². The van der Waals surface area contributed by atoms with Crippen molar-refractivity contribution < 1.29 is 9.18 Å². The van der Waals surface area contributed by atoms with Crippen LogP contribution in [0.3, 0.4) is 0 Å². The summed E-state index contributed by atoms with van der Waals surface area (Å²) < 4.78 is 15.7. The summed E-state index contributed by atoms with van der Waals surface area (Å²) in [4.78, 5) is 12.1. The zero-order valence-corrected chi connectivity index (χ0v) is 15.2. The van der Waals surface area contributed by atoms with Crippen LogP contribution in [0.2, 0.25) is 0 Å². The summed E-state index contributed by atoms with van der Waals surface area (Å²) in [6.45, 7) is 2.86. The van der Waals surface area contributed by atoms with E-state index in [4.69, 9.17) is 0 Å². The normalized spacial score (nSPS) is 15.3. The quantitative estimate of drug-likeness (QED) is 0.782. The molecule has 1 heterocycles. The third kappa shape index (κ3) is 4.39. The second-order valence-corrected chi connectivity index (χ2v) is 7.18. The van der Waals surface area contributed by atoms with Gasteiger partial charge in [-0.2, -0.15) is 0 Å². The molecule has 25 heavy (non-hydrogen) atoms. The van der Waals surface area contributed by atoms with E-state index in [9.17, 15) is 9.18 Å². The van der Waals surface area contributed by atoms with Crippen LogP contribution < -0.4 is 5.32 Å². The second kappa shape index (κ2) is 8.47. The number of rotatable bonds is 6. The first-order chi connectivity index (χ1) is 12.2. The minimum atomic E-state index is -0.433. The third-order valence-electron chi connectivity index (χ3n) is 4.51. The largest absolute Gasteiger partial charge is 0.323 e. The molecule has 0 spiro atoms. The third-order valence-corrected chi connectivity index (χ3v) is 5.48. The van der Waals surface area contributed by atoms with E-state index in [1.165, 1.54) is 37.1 Å². The number of aromatic nitrogens is 3. The van der Waals surface area contributed by atoms with Crippen molar-refractivity contribution in [2.24, 2.45) is 0 Å². The van der Waals surface area contributed by atoms with Crippen LogP contribution >= 0.6 is 11.8 Å². The Morgan fingerprint density at radius 3 is 2.76 bits per heavy atom. The second-order valence-electron chi connectivity index (χ2n) is 6.24. The highest BCUT2D eigenvalue weighted by Crippen LogP contribution is 2.33. The lowest BCUT2D eigenvalue weighted by Crippen LogP contribution is -2.16. The van der Waals surface area contributed by atoms with E-state index < -0.39 is 5.82 Å². The summed E-state index contributed by atoms with van der Waals surface area (Å²) in [6.07, 6.45) is 6.12. The number of carbonyl (C=O) groups is 1. The van der Waals surface area contributed by atoms with Crippen molar-refractivity contribution in [3.63, 3.8) is 0 Å². The van der Waals surface area contributed by atoms with Gasteiger partial charge in [-0.3, -0.25) is 4.79 Å². The molecule has 0 saturated heterocycles. The summed E-state index contributed by atoms with van der Waals surface area (Å²) in [5.41, 5.74) is 0.202. The molecule has 1 amide bonds. The molecule has 1 aromatic heterocycles. The molecule has 1 aromatic carbocycles. The first-order valence-electron chi connectivity index (χ1n) is 8.79. The van der Waals surface area contributed by atoms with Gasteiger partial charge in [-0.05, 0) is 31.9 Å². The predicted octanol–water partition coefficient (Wildman–Crippen LogP) is 4.22. The van der Waals surface area contributed by atoms with Crippen molar-refractivity contribution in [2.45, 2.75) is 56.6 Å². The maximum absolute atomic E-state index is 13.6. The standard InChI is InChI=1S/C18H23FN4OS/c1-2-23-17(13-8-4-3-5-9-13)21-22-18(23)25-12-16(24)20-15-11-7-6-10-14(15)19/h6-7,10-11,13H,2-5,8-9,12H2,1H3,(H,20,24). The van der Waals surface area contributed by atoms with Crippen LogP contribution in [0.15, 0.2) is 29.4 Å². The number of para-hydroxylation sites is 1. The van der Waals surface area contributed by atoms with Gasteiger partial charge in [0.05, 0.1) is 11.4 Å². The van der Waals surface area contributed by atoms with Crippen LogP contribution in [-0.2, 0) is 11.3 Å². The van der Waals surface area contributed by atoms with E-state index in [-0.39, 0.29) is 17.3 Å².